The number of carbonyl (C=O) groups is 2. The van der Waals surface area contributed by atoms with Crippen LogP contribution in [-0.2, 0) is 16.1 Å². The Kier molecular flexibility index (Phi) is 5.60. The molecule has 1 amide bonds. The summed E-state index contributed by atoms with van der Waals surface area (Å²) in [6, 6.07) is 10.4. The van der Waals surface area contributed by atoms with E-state index in [9.17, 15) is 9.59 Å². The van der Waals surface area contributed by atoms with Gasteiger partial charge in [0.05, 0.1) is 31.3 Å². The van der Waals surface area contributed by atoms with E-state index in [1.165, 1.54) is 7.11 Å². The molecule has 0 atom stereocenters. The number of methoxy groups -OCH3 is 1. The monoisotopic (exact) mass is 463 g/mol. The van der Waals surface area contributed by atoms with Gasteiger partial charge in [-0.3, -0.25) is 14.3 Å². The number of esters is 1. The van der Waals surface area contributed by atoms with Crippen molar-refractivity contribution in [3.63, 3.8) is 0 Å². The van der Waals surface area contributed by atoms with Crippen molar-refractivity contribution >= 4 is 23.2 Å². The quantitative estimate of drug-likeness (QED) is 0.536. The van der Waals surface area contributed by atoms with Crippen molar-refractivity contribution in [2.75, 3.05) is 7.11 Å². The topological polar surface area (TPSA) is 73.2 Å². The minimum Gasteiger partial charge on any atom is -0.469 e. The number of rotatable bonds is 6. The average molecular weight is 464 g/mol. The number of nitrogens with one attached hydrogen (secondary N) is 1. The molecule has 0 aliphatic heterocycles. The number of carbonyl (C=O) groups excluding carboxylic acids is 2. The van der Waals surface area contributed by atoms with E-state index in [1.807, 2.05) is 42.2 Å². The molecular weight excluding hydrogens is 434 g/mol. The highest BCUT2D eigenvalue weighted by Gasteiger charge is 2.55. The molecule has 3 aromatic rings. The van der Waals surface area contributed by atoms with E-state index in [1.54, 1.807) is 11.3 Å². The first-order valence-electron chi connectivity index (χ1n) is 11.4. The Morgan fingerprint density at radius 3 is 2.55 bits per heavy atom. The zero-order valence-corrected chi connectivity index (χ0v) is 20.1. The van der Waals surface area contributed by atoms with Gasteiger partial charge in [-0.2, -0.15) is 5.10 Å². The second-order valence-electron chi connectivity index (χ2n) is 9.57. The Morgan fingerprint density at radius 2 is 1.85 bits per heavy atom. The molecule has 33 heavy (non-hydrogen) atoms. The van der Waals surface area contributed by atoms with E-state index in [4.69, 9.17) is 4.74 Å². The number of hydrogen-bond acceptors (Lipinski definition) is 5. The largest absolute Gasteiger partial charge is 0.469 e. The number of nitrogens with zero attached hydrogens (tertiary/aromatic N) is 2. The first-order chi connectivity index (χ1) is 15.9. The van der Waals surface area contributed by atoms with E-state index >= 15 is 0 Å². The molecule has 2 heterocycles. The molecule has 5 rings (SSSR count). The summed E-state index contributed by atoms with van der Waals surface area (Å²) in [7, 11) is 1.45. The Morgan fingerprint density at radius 1 is 1.12 bits per heavy atom. The van der Waals surface area contributed by atoms with Crippen LogP contribution in [-0.4, -0.2) is 34.8 Å². The Bertz CT molecular complexity index is 1180. The molecule has 172 valence electrons. The van der Waals surface area contributed by atoms with Crippen molar-refractivity contribution < 1.29 is 14.3 Å². The second-order valence-corrected chi connectivity index (χ2v) is 11.0. The van der Waals surface area contributed by atoms with Gasteiger partial charge in [0, 0.05) is 33.1 Å². The van der Waals surface area contributed by atoms with Crippen molar-refractivity contribution in [1.29, 1.82) is 0 Å². The first-order valence-corrected chi connectivity index (χ1v) is 12.2. The summed E-state index contributed by atoms with van der Waals surface area (Å²) in [5.74, 6) is -0.0583. The van der Waals surface area contributed by atoms with Crippen LogP contribution in [0.15, 0.2) is 42.7 Å². The van der Waals surface area contributed by atoms with Crippen molar-refractivity contribution in [3.05, 3.63) is 63.6 Å². The fourth-order valence-corrected chi connectivity index (χ4v) is 6.67. The lowest BCUT2D eigenvalue weighted by molar-refractivity contribution is -0.159. The van der Waals surface area contributed by atoms with Crippen LogP contribution in [0.25, 0.3) is 11.1 Å². The van der Waals surface area contributed by atoms with E-state index in [-0.39, 0.29) is 29.3 Å². The lowest BCUT2D eigenvalue weighted by atomic mass is 9.50. The van der Waals surface area contributed by atoms with Crippen LogP contribution >= 0.6 is 11.3 Å². The summed E-state index contributed by atoms with van der Waals surface area (Å²) < 4.78 is 6.76. The third-order valence-electron chi connectivity index (χ3n) is 7.26. The summed E-state index contributed by atoms with van der Waals surface area (Å²) in [6.07, 6.45) is 7.58. The molecule has 2 saturated carbocycles. The molecule has 1 spiro atoms. The molecule has 7 heteroatoms. The molecule has 2 fully saturated rings. The van der Waals surface area contributed by atoms with Crippen LogP contribution in [0.3, 0.4) is 0 Å². The summed E-state index contributed by atoms with van der Waals surface area (Å²) in [6.45, 7) is 4.66. The van der Waals surface area contributed by atoms with E-state index in [0.29, 0.717) is 6.54 Å². The first kappa shape index (κ1) is 21.9. The number of amides is 1. The van der Waals surface area contributed by atoms with Gasteiger partial charge in [-0.1, -0.05) is 30.3 Å². The highest BCUT2D eigenvalue weighted by atomic mass is 32.1. The van der Waals surface area contributed by atoms with Crippen molar-refractivity contribution in [1.82, 2.24) is 15.1 Å². The predicted molar refractivity (Wildman–Crippen MR) is 128 cm³/mol. The van der Waals surface area contributed by atoms with Gasteiger partial charge in [0.1, 0.15) is 0 Å². The maximum atomic E-state index is 13.2. The van der Waals surface area contributed by atoms with Crippen LogP contribution < -0.4 is 5.32 Å². The smallest absolute Gasteiger partial charge is 0.308 e. The number of aromatic nitrogens is 2. The Balaban J connectivity index is 1.25. The zero-order valence-electron chi connectivity index (χ0n) is 19.3. The molecule has 2 aromatic heterocycles. The van der Waals surface area contributed by atoms with Crippen molar-refractivity contribution in [2.24, 2.45) is 11.3 Å². The van der Waals surface area contributed by atoms with Crippen molar-refractivity contribution in [3.8, 4) is 11.1 Å². The van der Waals surface area contributed by atoms with Crippen LogP contribution in [0.2, 0.25) is 0 Å². The van der Waals surface area contributed by atoms with Crippen LogP contribution in [0.4, 0.5) is 0 Å². The third kappa shape index (κ3) is 4.10. The predicted octanol–water partition coefficient (Wildman–Crippen LogP) is 4.74. The summed E-state index contributed by atoms with van der Waals surface area (Å²) >= 11 is 1.67. The molecule has 2 aliphatic rings. The molecule has 1 aromatic carbocycles. The molecule has 0 saturated heterocycles. The highest BCUT2D eigenvalue weighted by Crippen LogP contribution is 2.59. The molecule has 1 N–H and O–H groups in total. The van der Waals surface area contributed by atoms with Crippen LogP contribution in [0.1, 0.15) is 51.4 Å². The third-order valence-corrected chi connectivity index (χ3v) is 8.32. The van der Waals surface area contributed by atoms with Gasteiger partial charge < -0.3 is 10.1 Å². The van der Waals surface area contributed by atoms with E-state index in [2.05, 4.69) is 29.5 Å². The molecule has 6 nitrogen and oxygen atoms in total. The summed E-state index contributed by atoms with van der Waals surface area (Å²) in [5, 5.41) is 7.79. The second kappa shape index (κ2) is 8.45. The number of aryl methyl sites for hydroxylation is 2. The van der Waals surface area contributed by atoms with Gasteiger partial charge in [0.2, 0.25) is 0 Å². The molecular formula is C26H29N3O3S. The minimum absolute atomic E-state index is 0.00554. The Hall–Kier alpha value is -2.93. The Labute approximate surface area is 198 Å². The lowest BCUT2D eigenvalue weighted by Gasteiger charge is -2.56. The standard InChI is InChI=1S/C26H29N3O3S/c1-16-22(15-29-14-20(13-27-29)18-7-5-4-6-8-18)23(17(2)33-16)24(30)28-21-11-26(12-21)9-19(10-26)25(31)32-3/h4-8,13-14,19,21H,9-12,15H2,1-3H3,(H,28,30). The normalized spacial score (nSPS) is 23.6. The molecule has 0 radical (unpaired) electrons. The van der Waals surface area contributed by atoms with Crippen LogP contribution in [0, 0.1) is 25.2 Å². The maximum Gasteiger partial charge on any atom is 0.308 e. The van der Waals surface area contributed by atoms with Crippen molar-refractivity contribution in [2.45, 2.75) is 52.1 Å². The van der Waals surface area contributed by atoms with Crippen LogP contribution in [0.5, 0.6) is 0 Å². The van der Waals surface area contributed by atoms with Gasteiger partial charge in [0.25, 0.3) is 5.91 Å². The minimum atomic E-state index is -0.101. The van der Waals surface area contributed by atoms with E-state index in [0.717, 1.165) is 57.7 Å². The molecule has 0 bridgehead atoms. The molecule has 2 aliphatic carbocycles. The van der Waals surface area contributed by atoms with Gasteiger partial charge >= 0.3 is 5.97 Å². The van der Waals surface area contributed by atoms with Gasteiger partial charge in [0.15, 0.2) is 0 Å². The SMILES string of the molecule is COC(=O)C1CC2(CC(NC(=O)c3c(C)sc(C)c3Cn3cc(-c4ccccc4)cn3)C2)C1. The lowest BCUT2D eigenvalue weighted by Crippen LogP contribution is -2.57. The van der Waals surface area contributed by atoms with Gasteiger partial charge in [-0.05, 0) is 50.5 Å². The van der Waals surface area contributed by atoms with E-state index < -0.39 is 0 Å². The zero-order chi connectivity index (χ0) is 23.2. The fraction of sp³-hybridized carbons (Fsp3) is 0.423. The highest BCUT2D eigenvalue weighted by molar-refractivity contribution is 7.12. The van der Waals surface area contributed by atoms with Gasteiger partial charge in [-0.25, -0.2) is 0 Å². The average Bonchev–Trinajstić information content (AvgIpc) is 3.33. The number of benzene rings is 1. The molecule has 0 unspecified atom stereocenters. The maximum absolute atomic E-state index is 13.2. The summed E-state index contributed by atoms with van der Waals surface area (Å²) in [5.41, 5.74) is 4.25. The number of hydrogen-bond donors (Lipinski definition) is 1. The fourth-order valence-electron chi connectivity index (χ4n) is 5.61. The van der Waals surface area contributed by atoms with Gasteiger partial charge in [-0.15, -0.1) is 11.3 Å². The summed E-state index contributed by atoms with van der Waals surface area (Å²) in [4.78, 5) is 27.1. The number of ether oxygens (including phenoxy) is 1. The number of thiophene rings is 1.